The highest BCUT2D eigenvalue weighted by Gasteiger charge is 2.24. The van der Waals surface area contributed by atoms with Crippen LogP contribution in [-0.2, 0) is 0 Å². The molecule has 2 heterocycles. The zero-order valence-electron chi connectivity index (χ0n) is 13.2. The molecule has 0 atom stereocenters. The summed E-state index contributed by atoms with van der Waals surface area (Å²) in [5.74, 6) is 1.38. The largest absolute Gasteiger partial charge is 0.497 e. The first-order valence-corrected chi connectivity index (χ1v) is 8.68. The van der Waals surface area contributed by atoms with Gasteiger partial charge in [0, 0.05) is 24.0 Å². The zero-order chi connectivity index (χ0) is 16.2. The maximum Gasteiger partial charge on any atom is 0.273 e. The van der Waals surface area contributed by atoms with Crippen molar-refractivity contribution >= 4 is 17.2 Å². The lowest BCUT2D eigenvalue weighted by molar-refractivity contribution is 0.0688. The number of rotatable bonds is 4. The molecule has 2 N–H and O–H groups in total. The highest BCUT2D eigenvalue weighted by molar-refractivity contribution is 7.13. The molecule has 5 nitrogen and oxygen atoms in total. The van der Waals surface area contributed by atoms with Gasteiger partial charge >= 0.3 is 0 Å². The molecule has 1 aliphatic rings. The first-order valence-electron chi connectivity index (χ1n) is 7.80. The van der Waals surface area contributed by atoms with Crippen molar-refractivity contribution in [1.29, 1.82) is 0 Å². The third kappa shape index (κ3) is 3.54. The van der Waals surface area contributed by atoms with Gasteiger partial charge in [0.1, 0.15) is 16.5 Å². The normalized spacial score (nSPS) is 15.7. The lowest BCUT2D eigenvalue weighted by Gasteiger charge is -2.30. The van der Waals surface area contributed by atoms with Crippen molar-refractivity contribution in [2.24, 2.45) is 11.7 Å². The first kappa shape index (κ1) is 16.0. The average molecular weight is 331 g/mol. The van der Waals surface area contributed by atoms with Crippen LogP contribution in [0.3, 0.4) is 0 Å². The highest BCUT2D eigenvalue weighted by atomic mass is 32.1. The minimum absolute atomic E-state index is 0.0245. The van der Waals surface area contributed by atoms with E-state index < -0.39 is 0 Å². The summed E-state index contributed by atoms with van der Waals surface area (Å²) in [6.45, 7) is 2.26. The molecule has 23 heavy (non-hydrogen) atoms. The van der Waals surface area contributed by atoms with Crippen molar-refractivity contribution < 1.29 is 9.53 Å². The number of nitrogens with two attached hydrogens (primary N) is 1. The molecule has 1 saturated heterocycles. The van der Waals surface area contributed by atoms with E-state index in [9.17, 15) is 4.79 Å². The van der Waals surface area contributed by atoms with E-state index >= 15 is 0 Å². The van der Waals surface area contributed by atoms with E-state index in [0.29, 0.717) is 18.2 Å². The minimum atomic E-state index is 0.0245. The molecule has 1 aromatic carbocycles. The number of methoxy groups -OCH3 is 1. The quantitative estimate of drug-likeness (QED) is 0.935. The summed E-state index contributed by atoms with van der Waals surface area (Å²) >= 11 is 1.49. The maximum absolute atomic E-state index is 12.6. The molecule has 0 aliphatic carbocycles. The summed E-state index contributed by atoms with van der Waals surface area (Å²) < 4.78 is 5.16. The molecule has 0 bridgehead atoms. The lowest BCUT2D eigenvalue weighted by Crippen LogP contribution is -2.40. The topological polar surface area (TPSA) is 68.5 Å². The van der Waals surface area contributed by atoms with Gasteiger partial charge in [0.05, 0.1) is 7.11 Å². The van der Waals surface area contributed by atoms with Crippen LogP contribution in [0, 0.1) is 5.92 Å². The number of thiazole rings is 1. The summed E-state index contributed by atoms with van der Waals surface area (Å²) in [5, 5.41) is 2.70. The summed E-state index contributed by atoms with van der Waals surface area (Å²) in [6.07, 6.45) is 1.97. The third-order valence-electron chi connectivity index (χ3n) is 4.30. The van der Waals surface area contributed by atoms with Crippen molar-refractivity contribution in [2.75, 3.05) is 26.7 Å². The van der Waals surface area contributed by atoms with Crippen LogP contribution in [0.5, 0.6) is 5.75 Å². The van der Waals surface area contributed by atoms with Gasteiger partial charge in [0.15, 0.2) is 0 Å². The second-order valence-electron chi connectivity index (χ2n) is 5.74. The summed E-state index contributed by atoms with van der Waals surface area (Å²) in [4.78, 5) is 19.0. The van der Waals surface area contributed by atoms with Gasteiger partial charge in [0.25, 0.3) is 5.91 Å². The molecule has 1 amide bonds. The van der Waals surface area contributed by atoms with Crippen LogP contribution < -0.4 is 10.5 Å². The summed E-state index contributed by atoms with van der Waals surface area (Å²) in [5.41, 5.74) is 7.23. The van der Waals surface area contributed by atoms with Crippen molar-refractivity contribution in [1.82, 2.24) is 9.88 Å². The molecule has 2 aromatic rings. The molecule has 0 unspecified atom stereocenters. The third-order valence-corrected chi connectivity index (χ3v) is 5.19. The Morgan fingerprint density at radius 3 is 2.65 bits per heavy atom. The van der Waals surface area contributed by atoms with E-state index in [1.165, 1.54) is 11.3 Å². The van der Waals surface area contributed by atoms with Gasteiger partial charge in [-0.25, -0.2) is 4.98 Å². The molecule has 0 saturated carbocycles. The number of carbonyl (C=O) groups is 1. The van der Waals surface area contributed by atoms with E-state index in [1.54, 1.807) is 7.11 Å². The summed E-state index contributed by atoms with van der Waals surface area (Å²) in [7, 11) is 1.64. The maximum atomic E-state index is 12.6. The Hall–Kier alpha value is -1.92. The lowest BCUT2D eigenvalue weighted by atomic mass is 9.97. The van der Waals surface area contributed by atoms with Gasteiger partial charge in [-0.05, 0) is 49.6 Å². The number of carbonyl (C=O) groups excluding carboxylic acids is 1. The number of benzene rings is 1. The van der Waals surface area contributed by atoms with E-state index in [-0.39, 0.29) is 5.91 Å². The number of hydrogen-bond donors (Lipinski definition) is 1. The van der Waals surface area contributed by atoms with E-state index in [1.807, 2.05) is 34.5 Å². The molecule has 1 fully saturated rings. The Labute approximate surface area is 140 Å². The Kier molecular flexibility index (Phi) is 4.93. The van der Waals surface area contributed by atoms with Gasteiger partial charge in [-0.1, -0.05) is 0 Å². The molecular formula is C17H21N3O2S. The van der Waals surface area contributed by atoms with E-state index in [4.69, 9.17) is 10.5 Å². The van der Waals surface area contributed by atoms with Gasteiger partial charge in [-0.2, -0.15) is 0 Å². The van der Waals surface area contributed by atoms with Gasteiger partial charge in [-0.15, -0.1) is 11.3 Å². The number of aromatic nitrogens is 1. The standard InChI is InChI=1S/C17H21N3O2S/c1-22-14-4-2-13(3-5-14)16-19-15(11-23-16)17(21)20-8-6-12(10-18)7-9-20/h2-5,11-12H,6-10,18H2,1H3. The van der Waals surface area contributed by atoms with Crippen molar-refractivity contribution in [3.63, 3.8) is 0 Å². The van der Waals surface area contributed by atoms with Crippen LogP contribution in [0.2, 0.25) is 0 Å². The SMILES string of the molecule is COc1ccc(-c2nc(C(=O)N3CCC(CN)CC3)cs2)cc1. The summed E-state index contributed by atoms with van der Waals surface area (Å²) in [6, 6.07) is 7.71. The Morgan fingerprint density at radius 1 is 1.35 bits per heavy atom. The first-order chi connectivity index (χ1) is 11.2. The van der Waals surface area contributed by atoms with Crippen LogP contribution in [0.15, 0.2) is 29.6 Å². The molecule has 0 radical (unpaired) electrons. The van der Waals surface area contributed by atoms with Crippen LogP contribution in [0.1, 0.15) is 23.3 Å². The van der Waals surface area contributed by atoms with E-state index in [0.717, 1.165) is 42.3 Å². The molecule has 122 valence electrons. The zero-order valence-corrected chi connectivity index (χ0v) is 14.0. The van der Waals surface area contributed by atoms with Crippen molar-refractivity contribution in [3.8, 4) is 16.3 Å². The Morgan fingerprint density at radius 2 is 2.04 bits per heavy atom. The smallest absolute Gasteiger partial charge is 0.273 e. The molecule has 1 aliphatic heterocycles. The number of hydrogen-bond acceptors (Lipinski definition) is 5. The number of amides is 1. The van der Waals surface area contributed by atoms with Crippen molar-refractivity contribution in [2.45, 2.75) is 12.8 Å². The highest BCUT2D eigenvalue weighted by Crippen LogP contribution is 2.27. The molecular weight excluding hydrogens is 310 g/mol. The number of ether oxygens (including phenoxy) is 1. The number of likely N-dealkylation sites (tertiary alicyclic amines) is 1. The van der Waals surface area contributed by atoms with Crippen LogP contribution in [0.25, 0.3) is 10.6 Å². The van der Waals surface area contributed by atoms with Crippen molar-refractivity contribution in [3.05, 3.63) is 35.3 Å². The van der Waals surface area contributed by atoms with Crippen LogP contribution in [-0.4, -0.2) is 42.5 Å². The van der Waals surface area contributed by atoms with Crippen LogP contribution in [0.4, 0.5) is 0 Å². The molecule has 6 heteroatoms. The fraction of sp³-hybridized carbons (Fsp3) is 0.412. The minimum Gasteiger partial charge on any atom is -0.497 e. The second-order valence-corrected chi connectivity index (χ2v) is 6.60. The Balaban J connectivity index is 1.69. The van der Waals surface area contributed by atoms with Crippen LogP contribution >= 0.6 is 11.3 Å². The molecule has 3 rings (SSSR count). The van der Waals surface area contributed by atoms with E-state index in [2.05, 4.69) is 4.98 Å². The monoisotopic (exact) mass is 331 g/mol. The van der Waals surface area contributed by atoms with Gasteiger partial charge in [-0.3, -0.25) is 4.79 Å². The Bertz CT molecular complexity index is 661. The molecule has 1 aromatic heterocycles. The number of nitrogens with zero attached hydrogens (tertiary/aromatic N) is 2. The fourth-order valence-electron chi connectivity index (χ4n) is 2.77. The predicted octanol–water partition coefficient (Wildman–Crippen LogP) is 2.63. The predicted molar refractivity (Wildman–Crippen MR) is 91.8 cm³/mol. The number of piperidine rings is 1. The molecule has 0 spiro atoms. The van der Waals surface area contributed by atoms with Gasteiger partial charge in [0.2, 0.25) is 0 Å². The van der Waals surface area contributed by atoms with Gasteiger partial charge < -0.3 is 15.4 Å². The fourth-order valence-corrected chi connectivity index (χ4v) is 3.57. The second kappa shape index (κ2) is 7.10. The average Bonchev–Trinajstić information content (AvgIpc) is 3.11.